The zero-order valence-electron chi connectivity index (χ0n) is 17.5. The molecular formula is C22H21F3N6O2. The molecule has 1 saturated heterocycles. The van der Waals surface area contributed by atoms with Gasteiger partial charge in [-0.3, -0.25) is 14.9 Å². The fourth-order valence-corrected chi connectivity index (χ4v) is 3.89. The number of carbonyl (C=O) groups excluding carboxylic acids is 2. The second-order valence-electron chi connectivity index (χ2n) is 8.21. The van der Waals surface area contributed by atoms with Gasteiger partial charge in [0.05, 0.1) is 5.56 Å². The van der Waals surface area contributed by atoms with E-state index in [2.05, 4.69) is 15.4 Å². The summed E-state index contributed by atoms with van der Waals surface area (Å²) >= 11 is 0. The van der Waals surface area contributed by atoms with Gasteiger partial charge in [0.25, 0.3) is 5.91 Å². The molecule has 0 spiro atoms. The highest BCUT2D eigenvalue weighted by Gasteiger charge is 2.32. The predicted octanol–water partition coefficient (Wildman–Crippen LogP) is 3.06. The maximum absolute atomic E-state index is 13.0. The van der Waals surface area contributed by atoms with Crippen LogP contribution in [0.4, 0.5) is 24.9 Å². The fraction of sp³-hybridized carbons (Fsp3) is 0.364. The van der Waals surface area contributed by atoms with Crippen molar-refractivity contribution in [1.29, 1.82) is 0 Å². The smallest absolute Gasteiger partial charge is 0.353 e. The van der Waals surface area contributed by atoms with Gasteiger partial charge >= 0.3 is 6.18 Å². The quantitative estimate of drug-likeness (QED) is 0.650. The Labute approximate surface area is 187 Å². The Hall–Kier alpha value is -3.63. The predicted molar refractivity (Wildman–Crippen MR) is 114 cm³/mol. The van der Waals surface area contributed by atoms with Crippen molar-refractivity contribution in [3.8, 4) is 0 Å². The molecule has 1 N–H and O–H groups in total. The van der Waals surface area contributed by atoms with E-state index in [0.717, 1.165) is 30.8 Å². The minimum Gasteiger partial charge on any atom is -0.353 e. The van der Waals surface area contributed by atoms with Crippen LogP contribution in [-0.4, -0.2) is 57.5 Å². The number of anilines is 2. The number of benzene rings is 1. The summed E-state index contributed by atoms with van der Waals surface area (Å²) in [5.74, 6) is 0.549. The molecule has 0 atom stereocenters. The van der Waals surface area contributed by atoms with Gasteiger partial charge in [0.1, 0.15) is 5.82 Å². The van der Waals surface area contributed by atoms with E-state index in [4.69, 9.17) is 0 Å². The topological polar surface area (TPSA) is 82.8 Å². The van der Waals surface area contributed by atoms with Gasteiger partial charge in [-0.2, -0.15) is 22.7 Å². The Balaban J connectivity index is 1.28. The van der Waals surface area contributed by atoms with Gasteiger partial charge in [-0.1, -0.05) is 12.1 Å². The van der Waals surface area contributed by atoms with Crippen LogP contribution in [0.2, 0.25) is 0 Å². The van der Waals surface area contributed by atoms with E-state index >= 15 is 0 Å². The number of amides is 2. The molecule has 172 valence electrons. The van der Waals surface area contributed by atoms with Gasteiger partial charge in [0, 0.05) is 37.7 Å². The average molecular weight is 458 g/mol. The number of halogens is 3. The van der Waals surface area contributed by atoms with Crippen LogP contribution in [-0.2, 0) is 11.0 Å². The minimum absolute atomic E-state index is 0.0210. The third kappa shape index (κ3) is 4.35. The molecule has 2 aliphatic rings. The zero-order chi connectivity index (χ0) is 23.2. The number of pyridine rings is 1. The van der Waals surface area contributed by atoms with Crippen LogP contribution in [0.3, 0.4) is 0 Å². The molecule has 2 fully saturated rings. The Morgan fingerprint density at radius 3 is 2.42 bits per heavy atom. The van der Waals surface area contributed by atoms with E-state index in [0.29, 0.717) is 31.8 Å². The molecule has 1 aromatic carbocycles. The summed E-state index contributed by atoms with van der Waals surface area (Å²) in [6.07, 6.45) is -2.73. The number of fused-ring (bicyclic) bond motifs is 1. The monoisotopic (exact) mass is 458 g/mol. The van der Waals surface area contributed by atoms with Crippen LogP contribution in [0.25, 0.3) is 5.65 Å². The molecule has 3 aromatic rings. The number of carbonyl (C=O) groups is 2. The number of aromatic nitrogens is 3. The highest BCUT2D eigenvalue weighted by atomic mass is 19.4. The van der Waals surface area contributed by atoms with Crippen LogP contribution < -0.4 is 10.2 Å². The van der Waals surface area contributed by atoms with Gasteiger partial charge in [-0.25, -0.2) is 0 Å². The Kier molecular flexibility index (Phi) is 5.18. The number of hydrogen-bond donors (Lipinski definition) is 1. The number of nitrogens with one attached hydrogen (secondary N) is 1. The first-order valence-corrected chi connectivity index (χ1v) is 10.7. The van der Waals surface area contributed by atoms with Crippen LogP contribution >= 0.6 is 0 Å². The molecular weight excluding hydrogens is 437 g/mol. The highest BCUT2D eigenvalue weighted by molar-refractivity contribution is 5.94. The van der Waals surface area contributed by atoms with E-state index in [1.165, 1.54) is 12.1 Å². The van der Waals surface area contributed by atoms with Crippen LogP contribution in [0.5, 0.6) is 0 Å². The average Bonchev–Trinajstić information content (AvgIpc) is 3.58. The summed E-state index contributed by atoms with van der Waals surface area (Å²) in [7, 11) is 0. The number of nitrogens with zero attached hydrogens (tertiary/aromatic N) is 5. The molecule has 8 nitrogen and oxygen atoms in total. The van der Waals surface area contributed by atoms with Crippen molar-refractivity contribution in [1.82, 2.24) is 19.5 Å². The molecule has 1 saturated carbocycles. The molecule has 2 amide bonds. The molecule has 3 heterocycles. The molecule has 0 unspecified atom stereocenters. The third-order valence-electron chi connectivity index (χ3n) is 5.85. The third-order valence-corrected chi connectivity index (χ3v) is 5.85. The number of alkyl halides is 3. The van der Waals surface area contributed by atoms with Crippen molar-refractivity contribution in [3.63, 3.8) is 0 Å². The zero-order valence-corrected chi connectivity index (χ0v) is 17.5. The highest BCUT2D eigenvalue weighted by Crippen LogP contribution is 2.31. The van der Waals surface area contributed by atoms with Crippen molar-refractivity contribution < 1.29 is 22.8 Å². The maximum Gasteiger partial charge on any atom is 0.416 e. The van der Waals surface area contributed by atoms with Crippen LogP contribution in [0, 0.1) is 5.92 Å². The van der Waals surface area contributed by atoms with E-state index in [1.807, 2.05) is 17.0 Å². The SMILES string of the molecule is O=C(Nc1nc2cccc(N3CCN(C(=O)c4cccc(C(F)(F)F)c4)CC3)n2n1)C1CC1. The number of rotatable bonds is 4. The minimum atomic E-state index is -4.50. The first-order valence-electron chi connectivity index (χ1n) is 10.7. The number of piperazine rings is 1. The second kappa shape index (κ2) is 8.05. The summed E-state index contributed by atoms with van der Waals surface area (Å²) in [4.78, 5) is 32.7. The van der Waals surface area contributed by atoms with Crippen molar-refractivity contribution in [3.05, 3.63) is 53.6 Å². The lowest BCUT2D eigenvalue weighted by Crippen LogP contribution is -2.49. The van der Waals surface area contributed by atoms with Gasteiger partial charge in [-0.15, -0.1) is 5.10 Å². The van der Waals surface area contributed by atoms with Gasteiger partial charge in [-0.05, 0) is 43.2 Å². The Bertz CT molecular complexity index is 1210. The molecule has 2 aromatic heterocycles. The van der Waals surface area contributed by atoms with Crippen LogP contribution in [0.15, 0.2) is 42.5 Å². The lowest BCUT2D eigenvalue weighted by atomic mass is 10.1. The summed E-state index contributed by atoms with van der Waals surface area (Å²) in [5, 5.41) is 7.16. The van der Waals surface area contributed by atoms with Crippen molar-refractivity contribution in [2.45, 2.75) is 19.0 Å². The van der Waals surface area contributed by atoms with Crippen molar-refractivity contribution >= 4 is 29.2 Å². The van der Waals surface area contributed by atoms with Gasteiger partial charge < -0.3 is 9.80 Å². The molecule has 0 radical (unpaired) electrons. The molecule has 1 aliphatic carbocycles. The van der Waals surface area contributed by atoms with Crippen LogP contribution in [0.1, 0.15) is 28.8 Å². The fourth-order valence-electron chi connectivity index (χ4n) is 3.89. The summed E-state index contributed by atoms with van der Waals surface area (Å²) in [6.45, 7) is 1.66. The standard InChI is InChI=1S/C22H21F3N6O2/c23-22(24,25)16-4-1-3-15(13-16)20(33)30-11-9-29(10-12-30)18-6-2-5-17-26-21(28-31(17)18)27-19(32)14-7-8-14/h1-6,13-14H,7-12H2,(H,27,28,32). The lowest BCUT2D eigenvalue weighted by molar-refractivity contribution is -0.137. The molecule has 0 bridgehead atoms. The summed E-state index contributed by atoms with van der Waals surface area (Å²) in [6, 6.07) is 9.99. The van der Waals surface area contributed by atoms with E-state index < -0.39 is 17.6 Å². The lowest BCUT2D eigenvalue weighted by Gasteiger charge is -2.36. The number of hydrogen-bond acceptors (Lipinski definition) is 5. The maximum atomic E-state index is 13.0. The Morgan fingerprint density at radius 2 is 1.73 bits per heavy atom. The molecule has 11 heteroatoms. The summed E-state index contributed by atoms with van der Waals surface area (Å²) < 4.78 is 40.6. The second-order valence-corrected chi connectivity index (χ2v) is 8.21. The first kappa shape index (κ1) is 21.2. The summed E-state index contributed by atoms with van der Waals surface area (Å²) in [5.41, 5.74) is -0.233. The molecule has 5 rings (SSSR count). The van der Waals surface area contributed by atoms with E-state index in [9.17, 15) is 22.8 Å². The molecule has 1 aliphatic heterocycles. The van der Waals surface area contributed by atoms with Gasteiger partial charge in [0.15, 0.2) is 5.65 Å². The van der Waals surface area contributed by atoms with Crippen molar-refractivity contribution in [2.24, 2.45) is 5.92 Å². The largest absolute Gasteiger partial charge is 0.416 e. The van der Waals surface area contributed by atoms with E-state index in [-0.39, 0.29) is 23.3 Å². The molecule has 33 heavy (non-hydrogen) atoms. The van der Waals surface area contributed by atoms with Gasteiger partial charge in [0.2, 0.25) is 11.9 Å². The normalized spacial score (nSPS) is 16.8. The van der Waals surface area contributed by atoms with Crippen molar-refractivity contribution in [2.75, 3.05) is 36.4 Å². The Morgan fingerprint density at radius 1 is 1.00 bits per heavy atom. The van der Waals surface area contributed by atoms with E-state index in [1.54, 1.807) is 15.5 Å². The first-order chi connectivity index (χ1) is 15.8.